The van der Waals surface area contributed by atoms with Gasteiger partial charge in [0.15, 0.2) is 0 Å². The summed E-state index contributed by atoms with van der Waals surface area (Å²) in [5.74, 6) is -3.64. The standard InChI is InChI=1S/C12H13F3N2O4/c1-7(6-21-2)17(11(20)12(13,14)15)9-5-16-4-3-8(9)10(18)19/h3-5,7H,6H2,1-2H3,(H,18,19). The number of hydrogen-bond donors (Lipinski definition) is 1. The Hall–Kier alpha value is -2.16. The van der Waals surface area contributed by atoms with E-state index < -0.39 is 35.3 Å². The first kappa shape index (κ1) is 16.9. The molecule has 1 rings (SSSR count). The number of carboxylic acid groups (broad SMARTS) is 1. The van der Waals surface area contributed by atoms with Gasteiger partial charge >= 0.3 is 18.1 Å². The first-order valence-corrected chi connectivity index (χ1v) is 5.76. The van der Waals surface area contributed by atoms with E-state index in [0.29, 0.717) is 4.90 Å². The number of aromatic nitrogens is 1. The monoisotopic (exact) mass is 306 g/mol. The van der Waals surface area contributed by atoms with E-state index in [1.807, 2.05) is 0 Å². The van der Waals surface area contributed by atoms with Crippen molar-refractivity contribution in [3.8, 4) is 0 Å². The maximum absolute atomic E-state index is 12.7. The predicted molar refractivity (Wildman–Crippen MR) is 66.1 cm³/mol. The summed E-state index contributed by atoms with van der Waals surface area (Å²) in [6, 6.07) is -0.000158. The van der Waals surface area contributed by atoms with Crippen molar-refractivity contribution in [2.24, 2.45) is 0 Å². The summed E-state index contributed by atoms with van der Waals surface area (Å²) in [6.07, 6.45) is -3.13. The second kappa shape index (κ2) is 6.53. The largest absolute Gasteiger partial charge is 0.478 e. The molecule has 0 aliphatic rings. The van der Waals surface area contributed by atoms with Gasteiger partial charge in [0.05, 0.1) is 30.1 Å². The molecule has 1 heterocycles. The van der Waals surface area contributed by atoms with E-state index in [1.54, 1.807) is 0 Å². The fourth-order valence-electron chi connectivity index (χ4n) is 1.76. The Morgan fingerprint density at radius 3 is 2.57 bits per heavy atom. The number of anilines is 1. The van der Waals surface area contributed by atoms with Crippen molar-refractivity contribution in [2.75, 3.05) is 18.6 Å². The van der Waals surface area contributed by atoms with Crippen LogP contribution in [0.25, 0.3) is 0 Å². The molecule has 0 bridgehead atoms. The number of halogens is 3. The van der Waals surface area contributed by atoms with Crippen LogP contribution in [0.5, 0.6) is 0 Å². The van der Waals surface area contributed by atoms with Crippen LogP contribution in [0.3, 0.4) is 0 Å². The summed E-state index contributed by atoms with van der Waals surface area (Å²) in [7, 11) is 1.26. The van der Waals surface area contributed by atoms with Crippen LogP contribution in [0.1, 0.15) is 17.3 Å². The number of nitrogens with zero attached hydrogens (tertiary/aromatic N) is 2. The average Bonchev–Trinajstić information content (AvgIpc) is 2.38. The third-order valence-electron chi connectivity index (χ3n) is 2.60. The summed E-state index contributed by atoms with van der Waals surface area (Å²) < 4.78 is 42.9. The van der Waals surface area contributed by atoms with Crippen LogP contribution in [-0.4, -0.2) is 47.9 Å². The lowest BCUT2D eigenvalue weighted by atomic mass is 10.1. The van der Waals surface area contributed by atoms with Crippen LogP contribution in [-0.2, 0) is 9.53 Å². The minimum Gasteiger partial charge on any atom is -0.478 e. The molecule has 9 heteroatoms. The van der Waals surface area contributed by atoms with Crippen molar-refractivity contribution < 1.29 is 32.6 Å². The van der Waals surface area contributed by atoms with E-state index >= 15 is 0 Å². The lowest BCUT2D eigenvalue weighted by Gasteiger charge is -2.30. The van der Waals surface area contributed by atoms with Gasteiger partial charge in [0.25, 0.3) is 0 Å². The molecule has 1 amide bonds. The Bertz CT molecular complexity index is 533. The van der Waals surface area contributed by atoms with Crippen molar-refractivity contribution in [2.45, 2.75) is 19.1 Å². The van der Waals surface area contributed by atoms with Gasteiger partial charge in [-0.3, -0.25) is 14.7 Å². The Kier molecular flexibility index (Phi) is 5.25. The molecule has 1 aromatic heterocycles. The van der Waals surface area contributed by atoms with Crippen molar-refractivity contribution in [1.29, 1.82) is 0 Å². The first-order valence-electron chi connectivity index (χ1n) is 5.76. The van der Waals surface area contributed by atoms with Gasteiger partial charge in [-0.1, -0.05) is 0 Å². The quantitative estimate of drug-likeness (QED) is 0.896. The second-order valence-electron chi connectivity index (χ2n) is 4.18. The maximum Gasteiger partial charge on any atom is 0.471 e. The molecule has 21 heavy (non-hydrogen) atoms. The molecular weight excluding hydrogens is 293 g/mol. The van der Waals surface area contributed by atoms with Gasteiger partial charge < -0.3 is 9.84 Å². The minimum atomic E-state index is -5.15. The van der Waals surface area contributed by atoms with Crippen LogP contribution in [0, 0.1) is 0 Å². The van der Waals surface area contributed by atoms with Crippen molar-refractivity contribution in [3.63, 3.8) is 0 Å². The fourth-order valence-corrected chi connectivity index (χ4v) is 1.76. The molecule has 0 saturated carbocycles. The number of methoxy groups -OCH3 is 1. The Balaban J connectivity index is 3.38. The number of hydrogen-bond acceptors (Lipinski definition) is 4. The van der Waals surface area contributed by atoms with E-state index in [4.69, 9.17) is 9.84 Å². The van der Waals surface area contributed by atoms with E-state index in [0.717, 1.165) is 18.5 Å². The molecule has 6 nitrogen and oxygen atoms in total. The molecular formula is C12H13F3N2O4. The fraction of sp³-hybridized carbons (Fsp3) is 0.417. The van der Waals surface area contributed by atoms with Gasteiger partial charge in [0.1, 0.15) is 0 Å². The second-order valence-corrected chi connectivity index (χ2v) is 4.18. The Morgan fingerprint density at radius 1 is 1.48 bits per heavy atom. The number of pyridine rings is 1. The predicted octanol–water partition coefficient (Wildman–Crippen LogP) is 1.71. The minimum absolute atomic E-state index is 0.199. The smallest absolute Gasteiger partial charge is 0.471 e. The number of amides is 1. The zero-order valence-electron chi connectivity index (χ0n) is 11.2. The molecule has 1 aromatic rings. The molecule has 0 aliphatic carbocycles. The highest BCUT2D eigenvalue weighted by Crippen LogP contribution is 2.28. The van der Waals surface area contributed by atoms with Crippen LogP contribution < -0.4 is 4.90 Å². The Morgan fingerprint density at radius 2 is 2.10 bits per heavy atom. The molecule has 116 valence electrons. The van der Waals surface area contributed by atoms with Gasteiger partial charge in [0.2, 0.25) is 0 Å². The lowest BCUT2D eigenvalue weighted by Crippen LogP contribution is -2.48. The Labute approximate surface area is 118 Å². The zero-order valence-corrected chi connectivity index (χ0v) is 11.2. The molecule has 0 spiro atoms. The van der Waals surface area contributed by atoms with Gasteiger partial charge in [-0.15, -0.1) is 0 Å². The molecule has 1 unspecified atom stereocenters. The lowest BCUT2D eigenvalue weighted by molar-refractivity contribution is -0.171. The number of rotatable bonds is 5. The topological polar surface area (TPSA) is 79.7 Å². The first-order chi connectivity index (χ1) is 9.70. The summed E-state index contributed by atoms with van der Waals surface area (Å²) in [4.78, 5) is 26.6. The molecule has 0 aromatic carbocycles. The van der Waals surface area contributed by atoms with Crippen molar-refractivity contribution in [1.82, 2.24) is 4.98 Å². The third kappa shape index (κ3) is 3.91. The molecule has 1 N–H and O–H groups in total. The van der Waals surface area contributed by atoms with E-state index in [1.165, 1.54) is 14.0 Å². The SMILES string of the molecule is COCC(C)N(C(=O)C(F)(F)F)c1cnccc1C(=O)O. The summed E-state index contributed by atoms with van der Waals surface area (Å²) in [5, 5.41) is 9.03. The highest BCUT2D eigenvalue weighted by atomic mass is 19.4. The van der Waals surface area contributed by atoms with Gasteiger partial charge in [-0.25, -0.2) is 4.79 Å². The number of alkyl halides is 3. The molecule has 0 saturated heterocycles. The number of ether oxygens (including phenoxy) is 1. The van der Waals surface area contributed by atoms with Crippen molar-refractivity contribution >= 4 is 17.6 Å². The summed E-state index contributed by atoms with van der Waals surface area (Å²) in [5.41, 5.74) is -0.887. The van der Waals surface area contributed by atoms with Crippen molar-refractivity contribution in [3.05, 3.63) is 24.0 Å². The van der Waals surface area contributed by atoms with Gasteiger partial charge in [-0.2, -0.15) is 13.2 Å². The van der Waals surface area contributed by atoms with Crippen LogP contribution in [0.4, 0.5) is 18.9 Å². The third-order valence-corrected chi connectivity index (χ3v) is 2.60. The van der Waals surface area contributed by atoms with E-state index in [2.05, 4.69) is 4.98 Å². The molecule has 0 radical (unpaired) electrons. The number of carboxylic acids is 1. The maximum atomic E-state index is 12.7. The average molecular weight is 306 g/mol. The van der Waals surface area contributed by atoms with E-state index in [9.17, 15) is 22.8 Å². The summed E-state index contributed by atoms with van der Waals surface area (Å²) in [6.45, 7) is 1.11. The highest BCUT2D eigenvalue weighted by Gasteiger charge is 2.45. The molecule has 1 atom stereocenters. The van der Waals surface area contributed by atoms with Crippen LogP contribution in [0.2, 0.25) is 0 Å². The zero-order chi connectivity index (χ0) is 16.2. The van der Waals surface area contributed by atoms with Gasteiger partial charge in [0, 0.05) is 13.3 Å². The van der Waals surface area contributed by atoms with E-state index in [-0.39, 0.29) is 6.61 Å². The highest BCUT2D eigenvalue weighted by molar-refractivity contribution is 6.03. The summed E-state index contributed by atoms with van der Waals surface area (Å²) >= 11 is 0. The van der Waals surface area contributed by atoms with Crippen LogP contribution in [0.15, 0.2) is 18.5 Å². The normalized spacial score (nSPS) is 12.8. The number of aromatic carboxylic acids is 1. The number of carbonyl (C=O) groups is 2. The van der Waals surface area contributed by atoms with Gasteiger partial charge in [-0.05, 0) is 13.0 Å². The molecule has 0 aliphatic heterocycles. The number of carbonyl (C=O) groups excluding carboxylic acids is 1. The molecule has 0 fully saturated rings. The van der Waals surface area contributed by atoms with Crippen LogP contribution >= 0.6 is 0 Å².